The van der Waals surface area contributed by atoms with Crippen LogP contribution in [0.1, 0.15) is 27.7 Å². The molecule has 12 heavy (non-hydrogen) atoms. The highest BCUT2D eigenvalue weighted by atomic mass is 16.3. The first-order chi connectivity index (χ1) is 5.39. The van der Waals surface area contributed by atoms with Gasteiger partial charge in [0.25, 0.3) is 0 Å². The molecule has 0 aliphatic rings. The molecule has 0 aromatic heterocycles. The molecule has 0 amide bonds. The number of ketones is 1. The Morgan fingerprint density at radius 3 is 2.42 bits per heavy atom. The monoisotopic (exact) mass is 173 g/mol. The summed E-state index contributed by atoms with van der Waals surface area (Å²) in [6.07, 6.45) is 0. The van der Waals surface area contributed by atoms with E-state index in [-0.39, 0.29) is 23.8 Å². The molecule has 3 nitrogen and oxygen atoms in total. The second-order valence-electron chi connectivity index (χ2n) is 3.93. The van der Waals surface area contributed by atoms with Crippen LogP contribution in [0.2, 0.25) is 0 Å². The van der Waals surface area contributed by atoms with Gasteiger partial charge in [0.05, 0.1) is 6.61 Å². The van der Waals surface area contributed by atoms with Gasteiger partial charge in [0.2, 0.25) is 0 Å². The number of rotatable bonds is 5. The molecular weight excluding hydrogens is 154 g/mol. The largest absolute Gasteiger partial charge is 0.394 e. The average Bonchev–Trinajstić information content (AvgIpc) is 2.00. The van der Waals surface area contributed by atoms with Gasteiger partial charge >= 0.3 is 0 Å². The third kappa shape index (κ3) is 4.46. The van der Waals surface area contributed by atoms with Crippen molar-refractivity contribution in [1.29, 1.82) is 0 Å². The summed E-state index contributed by atoms with van der Waals surface area (Å²) in [4.78, 5) is 10.8. The molecule has 0 saturated carbocycles. The van der Waals surface area contributed by atoms with E-state index in [1.54, 1.807) is 6.92 Å². The average molecular weight is 173 g/mol. The van der Waals surface area contributed by atoms with Crippen molar-refractivity contribution in [3.05, 3.63) is 0 Å². The van der Waals surface area contributed by atoms with E-state index in [9.17, 15) is 4.79 Å². The lowest BCUT2D eigenvalue weighted by atomic mass is 10.0. The number of aliphatic hydroxyl groups excluding tert-OH is 1. The molecular formula is C9H19NO2. The molecule has 0 saturated heterocycles. The number of aliphatic hydroxyl groups is 1. The Morgan fingerprint density at radius 2 is 2.08 bits per heavy atom. The smallest absolute Gasteiger partial charge is 0.133 e. The van der Waals surface area contributed by atoms with E-state index in [0.717, 1.165) is 0 Å². The maximum atomic E-state index is 10.8. The highest BCUT2D eigenvalue weighted by Gasteiger charge is 2.17. The number of carbonyl (C=O) groups excluding carboxylic acids is 1. The van der Waals surface area contributed by atoms with Crippen LogP contribution in [0.5, 0.6) is 0 Å². The summed E-state index contributed by atoms with van der Waals surface area (Å²) in [6.45, 7) is 7.97. The van der Waals surface area contributed by atoms with E-state index >= 15 is 0 Å². The molecule has 0 spiro atoms. The number of hydrogen-bond acceptors (Lipinski definition) is 3. The fourth-order valence-electron chi connectivity index (χ4n) is 0.629. The minimum Gasteiger partial charge on any atom is -0.394 e. The van der Waals surface area contributed by atoms with Crippen molar-refractivity contribution in [2.45, 2.75) is 33.2 Å². The predicted octanol–water partition coefficient (Wildman–Crippen LogP) is 0.572. The summed E-state index contributed by atoms with van der Waals surface area (Å²) in [5, 5.41) is 12.0. The van der Waals surface area contributed by atoms with Gasteiger partial charge < -0.3 is 10.4 Å². The van der Waals surface area contributed by atoms with Gasteiger partial charge in [0.15, 0.2) is 0 Å². The summed E-state index contributed by atoms with van der Waals surface area (Å²) in [5.41, 5.74) is -0.288. The van der Waals surface area contributed by atoms with Crippen molar-refractivity contribution in [3.8, 4) is 0 Å². The number of Topliss-reactive ketones (excluding diaryl/α,β-unsaturated/α-hetero) is 1. The van der Waals surface area contributed by atoms with E-state index < -0.39 is 0 Å². The van der Waals surface area contributed by atoms with Crippen LogP contribution in [-0.4, -0.2) is 29.6 Å². The maximum absolute atomic E-state index is 10.8. The molecule has 2 N–H and O–H groups in total. The zero-order valence-electron chi connectivity index (χ0n) is 8.35. The molecule has 0 aliphatic carbocycles. The summed E-state index contributed by atoms with van der Waals surface area (Å²) in [6, 6.07) is 0. The number of nitrogens with one attached hydrogen (secondary N) is 1. The third-order valence-corrected chi connectivity index (χ3v) is 1.98. The molecule has 72 valence electrons. The molecule has 3 heteroatoms. The predicted molar refractivity (Wildman–Crippen MR) is 49.0 cm³/mol. The summed E-state index contributed by atoms with van der Waals surface area (Å²) >= 11 is 0. The van der Waals surface area contributed by atoms with Crippen molar-refractivity contribution in [3.63, 3.8) is 0 Å². The molecule has 0 aliphatic heterocycles. The van der Waals surface area contributed by atoms with Crippen LogP contribution >= 0.6 is 0 Å². The summed E-state index contributed by atoms with van der Waals surface area (Å²) < 4.78 is 0. The Bertz CT molecular complexity index is 155. The van der Waals surface area contributed by atoms with E-state index in [0.29, 0.717) is 6.54 Å². The number of hydrogen-bond donors (Lipinski definition) is 2. The van der Waals surface area contributed by atoms with Crippen LogP contribution in [0.3, 0.4) is 0 Å². The Labute approximate surface area is 74.2 Å². The maximum Gasteiger partial charge on any atom is 0.133 e. The van der Waals surface area contributed by atoms with Crippen molar-refractivity contribution in [1.82, 2.24) is 5.32 Å². The molecule has 1 unspecified atom stereocenters. The van der Waals surface area contributed by atoms with Crippen LogP contribution in [0.4, 0.5) is 0 Å². The lowest BCUT2D eigenvalue weighted by molar-refractivity contribution is -0.120. The second-order valence-corrected chi connectivity index (χ2v) is 3.93. The first-order valence-electron chi connectivity index (χ1n) is 4.25. The Kier molecular flexibility index (Phi) is 4.42. The minimum absolute atomic E-state index is 0.0239. The molecule has 0 aromatic carbocycles. The highest BCUT2D eigenvalue weighted by Crippen LogP contribution is 2.02. The van der Waals surface area contributed by atoms with Gasteiger partial charge in [-0.25, -0.2) is 0 Å². The van der Waals surface area contributed by atoms with Crippen LogP contribution in [0.25, 0.3) is 0 Å². The first-order valence-corrected chi connectivity index (χ1v) is 4.25. The van der Waals surface area contributed by atoms with Crippen molar-refractivity contribution in [2.75, 3.05) is 13.2 Å². The molecule has 0 radical (unpaired) electrons. The standard InChI is InChI=1S/C9H19NO2/c1-7(8(2)12)5-10-9(3,4)6-11/h7,10-11H,5-6H2,1-4H3. The molecule has 0 heterocycles. The molecule has 0 fully saturated rings. The SMILES string of the molecule is CC(=O)C(C)CNC(C)(C)CO. The Balaban J connectivity index is 3.75. The lowest BCUT2D eigenvalue weighted by Gasteiger charge is -2.24. The molecule has 0 rings (SSSR count). The topological polar surface area (TPSA) is 49.3 Å². The van der Waals surface area contributed by atoms with Crippen LogP contribution in [0, 0.1) is 5.92 Å². The highest BCUT2D eigenvalue weighted by molar-refractivity contribution is 5.78. The number of carbonyl (C=O) groups is 1. The Morgan fingerprint density at radius 1 is 1.58 bits per heavy atom. The zero-order valence-corrected chi connectivity index (χ0v) is 8.35. The minimum atomic E-state index is -0.288. The summed E-state index contributed by atoms with van der Waals surface area (Å²) in [7, 11) is 0. The van der Waals surface area contributed by atoms with Crippen molar-refractivity contribution in [2.24, 2.45) is 5.92 Å². The molecule has 0 aromatic rings. The second kappa shape index (κ2) is 4.58. The van der Waals surface area contributed by atoms with Gasteiger partial charge in [-0.05, 0) is 20.8 Å². The van der Waals surface area contributed by atoms with Crippen LogP contribution < -0.4 is 5.32 Å². The van der Waals surface area contributed by atoms with E-state index in [1.807, 2.05) is 20.8 Å². The van der Waals surface area contributed by atoms with E-state index in [2.05, 4.69) is 5.32 Å². The van der Waals surface area contributed by atoms with Gasteiger partial charge in [-0.1, -0.05) is 6.92 Å². The van der Waals surface area contributed by atoms with Crippen LogP contribution in [-0.2, 0) is 4.79 Å². The molecule has 1 atom stereocenters. The quantitative estimate of drug-likeness (QED) is 0.639. The third-order valence-electron chi connectivity index (χ3n) is 1.98. The van der Waals surface area contributed by atoms with E-state index in [4.69, 9.17) is 5.11 Å². The van der Waals surface area contributed by atoms with E-state index in [1.165, 1.54) is 0 Å². The first kappa shape index (κ1) is 11.6. The zero-order chi connectivity index (χ0) is 9.78. The van der Waals surface area contributed by atoms with Crippen LogP contribution in [0.15, 0.2) is 0 Å². The summed E-state index contributed by atoms with van der Waals surface area (Å²) in [5.74, 6) is 0.201. The normalized spacial score (nSPS) is 14.4. The van der Waals surface area contributed by atoms with Crippen molar-refractivity contribution < 1.29 is 9.90 Å². The van der Waals surface area contributed by atoms with Gasteiger partial charge in [-0.15, -0.1) is 0 Å². The van der Waals surface area contributed by atoms with Gasteiger partial charge in [0, 0.05) is 18.0 Å². The van der Waals surface area contributed by atoms with Gasteiger partial charge in [-0.3, -0.25) is 4.79 Å². The fraction of sp³-hybridized carbons (Fsp3) is 0.889. The van der Waals surface area contributed by atoms with Gasteiger partial charge in [0.1, 0.15) is 5.78 Å². The van der Waals surface area contributed by atoms with Crippen molar-refractivity contribution >= 4 is 5.78 Å². The Hall–Kier alpha value is -0.410. The fourth-order valence-corrected chi connectivity index (χ4v) is 0.629. The van der Waals surface area contributed by atoms with Gasteiger partial charge in [-0.2, -0.15) is 0 Å². The lowest BCUT2D eigenvalue weighted by Crippen LogP contribution is -2.45. The molecule has 0 bridgehead atoms.